The van der Waals surface area contributed by atoms with E-state index >= 15 is 0 Å². The molecule has 0 amide bonds. The van der Waals surface area contributed by atoms with E-state index in [2.05, 4.69) is 6.58 Å². The fourth-order valence-electron chi connectivity index (χ4n) is 5.03. The van der Waals surface area contributed by atoms with E-state index in [4.69, 9.17) is 0 Å². The standard InChI is InChI=1S/C15H24O3/c1-8-6-10(17)12-13(14(12,2)7-16)11-9(8)4-5-15(11,3)18/h9-13,16-18H,1,4-7H2,2-3H3/t9-,10-,11+,12+,13-,14-,15-/m0/s1. The highest BCUT2D eigenvalue weighted by Gasteiger charge is 2.71. The smallest absolute Gasteiger partial charge is 0.0656 e. The summed E-state index contributed by atoms with van der Waals surface area (Å²) in [7, 11) is 0. The minimum absolute atomic E-state index is 0.102. The quantitative estimate of drug-likeness (QED) is 0.617. The second-order valence-electron chi connectivity index (χ2n) is 7.17. The summed E-state index contributed by atoms with van der Waals surface area (Å²) in [5, 5.41) is 30.6. The van der Waals surface area contributed by atoms with Gasteiger partial charge in [-0.2, -0.15) is 0 Å². The van der Waals surface area contributed by atoms with Crippen LogP contribution in [0.4, 0.5) is 0 Å². The average molecular weight is 252 g/mol. The lowest BCUT2D eigenvalue weighted by Crippen LogP contribution is -2.35. The lowest BCUT2D eigenvalue weighted by molar-refractivity contribution is -0.00469. The Kier molecular flexibility index (Phi) is 2.52. The third-order valence-corrected chi connectivity index (χ3v) is 6.05. The summed E-state index contributed by atoms with van der Waals surface area (Å²) in [6.45, 7) is 8.19. The van der Waals surface area contributed by atoms with Crippen LogP contribution in [0, 0.1) is 29.1 Å². The highest BCUT2D eigenvalue weighted by molar-refractivity contribution is 5.26. The van der Waals surface area contributed by atoms with E-state index in [1.165, 1.54) is 0 Å². The molecule has 3 saturated carbocycles. The maximum atomic E-state index is 10.6. The van der Waals surface area contributed by atoms with Gasteiger partial charge >= 0.3 is 0 Å². The van der Waals surface area contributed by atoms with Gasteiger partial charge in [0.2, 0.25) is 0 Å². The molecule has 3 nitrogen and oxygen atoms in total. The van der Waals surface area contributed by atoms with Crippen LogP contribution < -0.4 is 0 Å². The molecule has 7 atom stereocenters. The second kappa shape index (κ2) is 3.59. The number of rotatable bonds is 1. The molecule has 0 unspecified atom stereocenters. The van der Waals surface area contributed by atoms with Crippen LogP contribution in [0.1, 0.15) is 33.1 Å². The molecule has 0 aliphatic heterocycles. The van der Waals surface area contributed by atoms with Gasteiger partial charge in [0, 0.05) is 6.61 Å². The van der Waals surface area contributed by atoms with Crippen molar-refractivity contribution in [3.8, 4) is 0 Å². The Balaban J connectivity index is 2.00. The van der Waals surface area contributed by atoms with Crippen LogP contribution in [0.3, 0.4) is 0 Å². The molecule has 0 spiro atoms. The van der Waals surface area contributed by atoms with Gasteiger partial charge in [0.15, 0.2) is 0 Å². The van der Waals surface area contributed by atoms with Crippen LogP contribution in [0.2, 0.25) is 0 Å². The van der Waals surface area contributed by atoms with Gasteiger partial charge in [-0.3, -0.25) is 0 Å². The number of hydrogen-bond acceptors (Lipinski definition) is 3. The number of aliphatic hydroxyl groups is 3. The van der Waals surface area contributed by atoms with E-state index in [0.717, 1.165) is 18.4 Å². The van der Waals surface area contributed by atoms with E-state index in [1.54, 1.807) is 0 Å². The minimum atomic E-state index is -0.673. The second-order valence-corrected chi connectivity index (χ2v) is 7.17. The topological polar surface area (TPSA) is 60.7 Å². The maximum absolute atomic E-state index is 10.6. The number of hydrogen-bond donors (Lipinski definition) is 3. The van der Waals surface area contributed by atoms with Crippen LogP contribution in [0.5, 0.6) is 0 Å². The molecule has 0 radical (unpaired) electrons. The van der Waals surface area contributed by atoms with Crippen LogP contribution in [0.15, 0.2) is 12.2 Å². The van der Waals surface area contributed by atoms with Gasteiger partial charge in [0.25, 0.3) is 0 Å². The number of aliphatic hydroxyl groups excluding tert-OH is 2. The Hall–Kier alpha value is -0.380. The van der Waals surface area contributed by atoms with Crippen LogP contribution in [-0.4, -0.2) is 33.6 Å². The molecule has 3 aliphatic rings. The summed E-state index contributed by atoms with van der Waals surface area (Å²) < 4.78 is 0. The fraction of sp³-hybridized carbons (Fsp3) is 0.867. The highest BCUT2D eigenvalue weighted by atomic mass is 16.3. The molecule has 102 valence electrons. The van der Waals surface area contributed by atoms with Gasteiger partial charge in [0.05, 0.1) is 11.7 Å². The minimum Gasteiger partial charge on any atom is -0.396 e. The van der Waals surface area contributed by atoms with Gasteiger partial charge in [-0.15, -0.1) is 0 Å². The van der Waals surface area contributed by atoms with Crippen molar-refractivity contribution in [3.05, 3.63) is 12.2 Å². The van der Waals surface area contributed by atoms with Crippen LogP contribution in [-0.2, 0) is 0 Å². The van der Waals surface area contributed by atoms with Crippen molar-refractivity contribution in [1.82, 2.24) is 0 Å². The molecular weight excluding hydrogens is 228 g/mol. The molecule has 3 fully saturated rings. The Morgan fingerprint density at radius 3 is 2.56 bits per heavy atom. The predicted molar refractivity (Wildman–Crippen MR) is 68.8 cm³/mol. The predicted octanol–water partition coefficient (Wildman–Crippen LogP) is 1.33. The monoisotopic (exact) mass is 252 g/mol. The summed E-state index contributed by atoms with van der Waals surface area (Å²) in [5.74, 6) is 0.834. The first kappa shape index (κ1) is 12.6. The van der Waals surface area contributed by atoms with Gasteiger partial charge in [-0.25, -0.2) is 0 Å². The molecule has 0 bridgehead atoms. The first-order valence-electron chi connectivity index (χ1n) is 7.02. The third-order valence-electron chi connectivity index (χ3n) is 6.05. The van der Waals surface area contributed by atoms with Crippen LogP contribution in [0.25, 0.3) is 0 Å². The molecule has 3 heteroatoms. The van der Waals surface area contributed by atoms with Crippen LogP contribution >= 0.6 is 0 Å². The molecule has 3 aliphatic carbocycles. The summed E-state index contributed by atoms with van der Waals surface area (Å²) in [5.41, 5.74) is 0.211. The maximum Gasteiger partial charge on any atom is 0.0656 e. The molecule has 0 heterocycles. The first-order valence-corrected chi connectivity index (χ1v) is 7.02. The molecule has 0 saturated heterocycles. The van der Waals surface area contributed by atoms with Crippen molar-refractivity contribution in [2.45, 2.75) is 44.8 Å². The van der Waals surface area contributed by atoms with Crippen molar-refractivity contribution in [2.75, 3.05) is 6.61 Å². The highest BCUT2D eigenvalue weighted by Crippen LogP contribution is 2.71. The molecule has 3 rings (SSSR count). The Morgan fingerprint density at radius 1 is 1.28 bits per heavy atom. The normalized spacial score (nSPS) is 58.9. The molecule has 3 N–H and O–H groups in total. The van der Waals surface area contributed by atoms with E-state index in [1.807, 2.05) is 13.8 Å². The van der Waals surface area contributed by atoms with E-state index in [-0.39, 0.29) is 29.8 Å². The summed E-state index contributed by atoms with van der Waals surface area (Å²) in [4.78, 5) is 0. The SMILES string of the molecule is C=C1C[C@H](O)[C@@H]2[C@H]([C@H]3[C@H]1CC[C@]3(C)O)[C@@]2(C)CO. The fourth-order valence-corrected chi connectivity index (χ4v) is 5.03. The molecule has 0 aromatic carbocycles. The Bertz CT molecular complexity index is 389. The first-order chi connectivity index (χ1) is 8.33. The van der Waals surface area contributed by atoms with Crippen molar-refractivity contribution in [1.29, 1.82) is 0 Å². The van der Waals surface area contributed by atoms with Crippen molar-refractivity contribution in [3.63, 3.8) is 0 Å². The van der Waals surface area contributed by atoms with Gasteiger partial charge in [0.1, 0.15) is 0 Å². The lowest BCUT2D eigenvalue weighted by Gasteiger charge is -2.31. The number of fused-ring (bicyclic) bond motifs is 3. The molecule has 18 heavy (non-hydrogen) atoms. The largest absolute Gasteiger partial charge is 0.396 e. The summed E-state index contributed by atoms with van der Waals surface area (Å²) >= 11 is 0. The average Bonchev–Trinajstić information content (AvgIpc) is 2.80. The third kappa shape index (κ3) is 1.41. The lowest BCUT2D eigenvalue weighted by atomic mass is 9.77. The summed E-state index contributed by atoms with van der Waals surface area (Å²) in [6, 6.07) is 0. The zero-order valence-electron chi connectivity index (χ0n) is 11.3. The van der Waals surface area contributed by atoms with Gasteiger partial charge in [-0.1, -0.05) is 19.1 Å². The zero-order valence-corrected chi connectivity index (χ0v) is 11.3. The van der Waals surface area contributed by atoms with Crippen molar-refractivity contribution < 1.29 is 15.3 Å². The Labute approximate surface area is 109 Å². The van der Waals surface area contributed by atoms with Crippen molar-refractivity contribution in [2.24, 2.45) is 29.1 Å². The van der Waals surface area contributed by atoms with E-state index < -0.39 is 11.7 Å². The van der Waals surface area contributed by atoms with Gasteiger partial charge < -0.3 is 15.3 Å². The summed E-state index contributed by atoms with van der Waals surface area (Å²) in [6.07, 6.45) is 2.01. The Morgan fingerprint density at radius 2 is 1.94 bits per heavy atom. The molecule has 0 aromatic rings. The zero-order chi connectivity index (χ0) is 13.3. The van der Waals surface area contributed by atoms with E-state index in [9.17, 15) is 15.3 Å². The molecular formula is C15H24O3. The van der Waals surface area contributed by atoms with E-state index in [0.29, 0.717) is 12.3 Å². The van der Waals surface area contributed by atoms with Crippen molar-refractivity contribution >= 4 is 0 Å². The van der Waals surface area contributed by atoms with Gasteiger partial charge in [-0.05, 0) is 55.3 Å². The molecule has 0 aromatic heterocycles.